The lowest BCUT2D eigenvalue weighted by molar-refractivity contribution is -0.132. The number of rotatable bonds is 2. The number of hydrogen-bond donors (Lipinski definition) is 3. The summed E-state index contributed by atoms with van der Waals surface area (Å²) in [5, 5.41) is 24.6. The summed E-state index contributed by atoms with van der Waals surface area (Å²) in [6.07, 6.45) is 0. The lowest BCUT2D eigenvalue weighted by atomic mass is 10.1. The first kappa shape index (κ1) is 12.6. The molecule has 0 saturated carbocycles. The summed E-state index contributed by atoms with van der Waals surface area (Å²) >= 11 is 15.8. The van der Waals surface area contributed by atoms with E-state index in [0.29, 0.717) is 0 Å². The lowest BCUT2D eigenvalue weighted by Gasteiger charge is -2.13. The van der Waals surface area contributed by atoms with Gasteiger partial charge in [-0.3, -0.25) is 5.41 Å². The molecule has 0 saturated heterocycles. The van der Waals surface area contributed by atoms with E-state index in [9.17, 15) is 4.79 Å². The number of aliphatic hydroxyl groups is 1. The number of carboxylic acids is 1. The van der Waals surface area contributed by atoms with Gasteiger partial charge in [0.2, 0.25) is 3.79 Å². The summed E-state index contributed by atoms with van der Waals surface area (Å²) in [5.41, 5.74) is -1.48. The van der Waals surface area contributed by atoms with Crippen LogP contribution in [0.1, 0.15) is 6.92 Å². The van der Waals surface area contributed by atoms with Crippen LogP contribution < -0.4 is 0 Å². The molecule has 74 valence electrons. The predicted octanol–water partition coefficient (Wildman–Crippen LogP) is 2.29. The monoisotopic (exact) mass is 245 g/mol. The van der Waals surface area contributed by atoms with Crippen LogP contribution in [0.3, 0.4) is 0 Å². The minimum absolute atomic E-state index is 0.580. The molecule has 0 aliphatic heterocycles. The van der Waals surface area contributed by atoms with Gasteiger partial charge in [-0.2, -0.15) is 0 Å². The summed E-state index contributed by atoms with van der Waals surface area (Å²) in [6, 6.07) is 0. The lowest BCUT2D eigenvalue weighted by Crippen LogP contribution is -2.25. The Labute approximate surface area is 89.2 Å². The van der Waals surface area contributed by atoms with Crippen molar-refractivity contribution in [2.45, 2.75) is 10.7 Å². The van der Waals surface area contributed by atoms with E-state index >= 15 is 0 Å². The largest absolute Gasteiger partial charge is 0.512 e. The van der Waals surface area contributed by atoms with E-state index in [4.69, 9.17) is 50.4 Å². The molecule has 13 heavy (non-hydrogen) atoms. The van der Waals surface area contributed by atoms with Gasteiger partial charge in [0, 0.05) is 0 Å². The minimum atomic E-state index is -2.16. The summed E-state index contributed by atoms with van der Waals surface area (Å²) in [5.74, 6) is -2.10. The molecule has 0 bridgehead atoms. The summed E-state index contributed by atoms with van der Waals surface area (Å²) in [4.78, 5) is 10.5. The van der Waals surface area contributed by atoms with Crippen LogP contribution in [0.15, 0.2) is 11.3 Å². The molecule has 0 amide bonds. The number of halogens is 3. The highest BCUT2D eigenvalue weighted by atomic mass is 35.6. The fraction of sp³-hybridized carbons (Fsp3) is 0.333. The van der Waals surface area contributed by atoms with E-state index in [1.807, 2.05) is 0 Å². The second kappa shape index (κ2) is 4.17. The average Bonchev–Trinajstić information content (AvgIpc) is 1.82. The highest BCUT2D eigenvalue weighted by molar-refractivity contribution is 6.78. The Bertz CT molecular complexity index is 275. The number of aliphatic hydroxyl groups excluding tert-OH is 1. The topological polar surface area (TPSA) is 81.4 Å². The Morgan fingerprint density at radius 2 is 1.69 bits per heavy atom. The SMILES string of the molecule is CC(O)=C(C(=N)C(Cl)(Cl)Cl)C(=O)O. The van der Waals surface area contributed by atoms with E-state index < -0.39 is 26.8 Å². The minimum Gasteiger partial charge on any atom is -0.512 e. The van der Waals surface area contributed by atoms with Gasteiger partial charge in [-0.15, -0.1) is 0 Å². The van der Waals surface area contributed by atoms with Crippen molar-refractivity contribution in [3.63, 3.8) is 0 Å². The van der Waals surface area contributed by atoms with Crippen molar-refractivity contribution in [1.29, 1.82) is 5.41 Å². The van der Waals surface area contributed by atoms with Gasteiger partial charge in [0.25, 0.3) is 0 Å². The summed E-state index contributed by atoms with van der Waals surface area (Å²) < 4.78 is -2.16. The molecule has 0 aliphatic rings. The molecule has 0 aromatic carbocycles. The van der Waals surface area contributed by atoms with Gasteiger partial charge in [0.05, 0.1) is 0 Å². The molecular formula is C6H6Cl3NO3. The molecule has 4 nitrogen and oxygen atoms in total. The highest BCUT2D eigenvalue weighted by Gasteiger charge is 2.33. The van der Waals surface area contributed by atoms with Gasteiger partial charge >= 0.3 is 5.97 Å². The van der Waals surface area contributed by atoms with Crippen LogP contribution in [0.4, 0.5) is 0 Å². The van der Waals surface area contributed by atoms with Gasteiger partial charge in [-0.1, -0.05) is 34.8 Å². The maximum absolute atomic E-state index is 10.5. The van der Waals surface area contributed by atoms with E-state index in [1.54, 1.807) is 0 Å². The van der Waals surface area contributed by atoms with E-state index in [2.05, 4.69) is 0 Å². The van der Waals surface area contributed by atoms with Gasteiger partial charge in [-0.25, -0.2) is 4.79 Å². The zero-order valence-corrected chi connectivity index (χ0v) is 8.70. The number of aliphatic carboxylic acids is 1. The number of alkyl halides is 3. The van der Waals surface area contributed by atoms with E-state index in [1.165, 1.54) is 0 Å². The Balaban J connectivity index is 5.16. The maximum Gasteiger partial charge on any atom is 0.341 e. The Morgan fingerprint density at radius 1 is 1.31 bits per heavy atom. The van der Waals surface area contributed by atoms with E-state index in [0.717, 1.165) is 6.92 Å². The second-order valence-electron chi connectivity index (χ2n) is 2.14. The van der Waals surface area contributed by atoms with Crippen molar-refractivity contribution in [3.05, 3.63) is 11.3 Å². The molecule has 0 fully saturated rings. The molecule has 0 rings (SSSR count). The third kappa shape index (κ3) is 3.42. The molecule has 0 aromatic rings. The van der Waals surface area contributed by atoms with E-state index in [-0.39, 0.29) is 0 Å². The van der Waals surface area contributed by atoms with Crippen LogP contribution in [0, 0.1) is 5.41 Å². The standard InChI is InChI=1S/C6H6Cl3NO3/c1-2(11)3(5(12)13)4(10)6(7,8)9/h10-11H,1H3,(H,12,13). The van der Waals surface area contributed by atoms with Crippen LogP contribution in [-0.2, 0) is 4.79 Å². The maximum atomic E-state index is 10.5. The Morgan fingerprint density at radius 3 is 1.77 bits per heavy atom. The molecule has 0 radical (unpaired) electrons. The van der Waals surface area contributed by atoms with Crippen molar-refractivity contribution >= 4 is 46.5 Å². The van der Waals surface area contributed by atoms with Crippen molar-refractivity contribution in [2.24, 2.45) is 0 Å². The molecule has 0 atom stereocenters. The highest BCUT2D eigenvalue weighted by Crippen LogP contribution is 2.31. The predicted molar refractivity (Wildman–Crippen MR) is 51.0 cm³/mol. The number of carbonyl (C=O) groups is 1. The molecule has 0 aliphatic carbocycles. The zero-order chi connectivity index (χ0) is 10.8. The number of hydrogen-bond acceptors (Lipinski definition) is 3. The van der Waals surface area contributed by atoms with Crippen molar-refractivity contribution in [1.82, 2.24) is 0 Å². The average molecular weight is 246 g/mol. The Hall–Kier alpha value is -0.450. The molecule has 0 heterocycles. The normalized spacial score (nSPS) is 13.5. The Kier molecular flexibility index (Phi) is 4.03. The smallest absolute Gasteiger partial charge is 0.341 e. The van der Waals surface area contributed by atoms with Crippen LogP contribution in [0.25, 0.3) is 0 Å². The fourth-order valence-electron chi connectivity index (χ4n) is 0.584. The van der Waals surface area contributed by atoms with Gasteiger partial charge in [0.1, 0.15) is 17.0 Å². The van der Waals surface area contributed by atoms with Crippen LogP contribution in [0.5, 0.6) is 0 Å². The van der Waals surface area contributed by atoms with Crippen LogP contribution >= 0.6 is 34.8 Å². The molecule has 7 heteroatoms. The summed E-state index contributed by atoms with van der Waals surface area (Å²) in [7, 11) is 0. The van der Waals surface area contributed by atoms with Crippen molar-refractivity contribution < 1.29 is 15.0 Å². The third-order valence-electron chi connectivity index (χ3n) is 1.11. The van der Waals surface area contributed by atoms with Gasteiger partial charge < -0.3 is 10.2 Å². The second-order valence-corrected chi connectivity index (χ2v) is 4.42. The molecule has 3 N–H and O–H groups in total. The molecular weight excluding hydrogens is 240 g/mol. The molecule has 0 spiro atoms. The third-order valence-corrected chi connectivity index (χ3v) is 1.68. The van der Waals surface area contributed by atoms with Gasteiger partial charge in [-0.05, 0) is 6.92 Å². The quantitative estimate of drug-likeness (QED) is 0.303. The number of nitrogens with one attached hydrogen (secondary N) is 1. The molecule has 0 aromatic heterocycles. The first-order valence-corrected chi connectivity index (χ1v) is 4.10. The number of allylic oxidation sites excluding steroid dienone is 1. The number of carboxylic acid groups (broad SMARTS) is 1. The van der Waals surface area contributed by atoms with Crippen LogP contribution in [0.2, 0.25) is 0 Å². The first-order chi connectivity index (χ1) is 5.68. The fourth-order valence-corrected chi connectivity index (χ4v) is 0.868. The summed E-state index contributed by atoms with van der Waals surface area (Å²) in [6.45, 7) is 1.09. The first-order valence-electron chi connectivity index (χ1n) is 2.97. The van der Waals surface area contributed by atoms with Gasteiger partial charge in [0.15, 0.2) is 0 Å². The van der Waals surface area contributed by atoms with Crippen molar-refractivity contribution in [3.8, 4) is 0 Å². The van der Waals surface area contributed by atoms with Crippen LogP contribution in [-0.4, -0.2) is 25.7 Å². The van der Waals surface area contributed by atoms with Crippen molar-refractivity contribution in [2.75, 3.05) is 0 Å². The zero-order valence-electron chi connectivity index (χ0n) is 6.44. The molecule has 0 unspecified atom stereocenters.